The molecular formula is C18H28N2O. The lowest BCUT2D eigenvalue weighted by atomic mass is 9.76. The number of para-hydroxylation sites is 1. The molecule has 3 nitrogen and oxygen atoms in total. The predicted octanol–water partition coefficient (Wildman–Crippen LogP) is 3.05. The molecule has 0 spiro atoms. The number of benzene rings is 1. The van der Waals surface area contributed by atoms with Crippen LogP contribution in [-0.4, -0.2) is 37.7 Å². The van der Waals surface area contributed by atoms with Gasteiger partial charge in [-0.3, -0.25) is 4.90 Å². The Morgan fingerprint density at radius 1 is 1.33 bits per heavy atom. The Hall–Kier alpha value is -1.06. The van der Waals surface area contributed by atoms with E-state index in [4.69, 9.17) is 4.74 Å². The zero-order chi connectivity index (χ0) is 14.5. The van der Waals surface area contributed by atoms with Crippen LogP contribution in [0.1, 0.15) is 38.2 Å². The largest absolute Gasteiger partial charge is 0.492 e. The summed E-state index contributed by atoms with van der Waals surface area (Å²) in [4.78, 5) is 2.61. The van der Waals surface area contributed by atoms with E-state index in [0.717, 1.165) is 25.4 Å². The number of hydrogen-bond acceptors (Lipinski definition) is 3. The maximum absolute atomic E-state index is 5.90. The molecule has 1 saturated heterocycles. The Morgan fingerprint density at radius 2 is 2.24 bits per heavy atom. The Labute approximate surface area is 128 Å². The number of fused-ring (bicyclic) bond motifs is 1. The number of ether oxygens (including phenoxy) is 1. The van der Waals surface area contributed by atoms with Crippen LogP contribution in [0.5, 0.6) is 5.75 Å². The van der Waals surface area contributed by atoms with E-state index in [1.165, 1.54) is 50.9 Å². The normalized spacial score (nSPS) is 26.7. The van der Waals surface area contributed by atoms with Crippen molar-refractivity contribution in [3.8, 4) is 5.75 Å². The quantitative estimate of drug-likeness (QED) is 0.921. The lowest BCUT2D eigenvalue weighted by Gasteiger charge is -2.41. The van der Waals surface area contributed by atoms with Gasteiger partial charge in [-0.1, -0.05) is 31.5 Å². The van der Waals surface area contributed by atoms with Crippen molar-refractivity contribution < 1.29 is 4.74 Å². The van der Waals surface area contributed by atoms with Gasteiger partial charge in [-0.25, -0.2) is 0 Å². The fourth-order valence-corrected chi connectivity index (χ4v) is 3.98. The molecule has 0 aromatic heterocycles. The molecule has 2 aliphatic heterocycles. The number of hydrogen-bond donors (Lipinski definition) is 1. The predicted molar refractivity (Wildman–Crippen MR) is 86.7 cm³/mol. The first-order chi connectivity index (χ1) is 10.3. The molecule has 1 aromatic rings. The highest BCUT2D eigenvalue weighted by atomic mass is 16.5. The molecule has 0 radical (unpaired) electrons. The van der Waals surface area contributed by atoms with E-state index in [9.17, 15) is 0 Å². The molecular weight excluding hydrogens is 260 g/mol. The molecule has 21 heavy (non-hydrogen) atoms. The third kappa shape index (κ3) is 3.58. The van der Waals surface area contributed by atoms with Crippen LogP contribution >= 0.6 is 0 Å². The van der Waals surface area contributed by atoms with E-state index in [1.807, 2.05) is 0 Å². The zero-order valence-corrected chi connectivity index (χ0v) is 13.2. The van der Waals surface area contributed by atoms with Crippen LogP contribution in [-0.2, 0) is 6.54 Å². The van der Waals surface area contributed by atoms with Gasteiger partial charge >= 0.3 is 0 Å². The summed E-state index contributed by atoms with van der Waals surface area (Å²) in [6.45, 7) is 8.77. The van der Waals surface area contributed by atoms with E-state index in [2.05, 4.69) is 41.4 Å². The maximum atomic E-state index is 5.90. The molecule has 0 saturated carbocycles. The van der Waals surface area contributed by atoms with E-state index in [0.29, 0.717) is 5.41 Å². The molecule has 0 aliphatic carbocycles. The monoisotopic (exact) mass is 288 g/mol. The smallest absolute Gasteiger partial charge is 0.123 e. The molecule has 2 aliphatic rings. The molecule has 1 atom stereocenters. The molecule has 1 N–H and O–H groups in total. The van der Waals surface area contributed by atoms with Crippen LogP contribution in [0.15, 0.2) is 24.3 Å². The highest BCUT2D eigenvalue weighted by Crippen LogP contribution is 2.34. The molecule has 2 heterocycles. The van der Waals surface area contributed by atoms with Crippen molar-refractivity contribution >= 4 is 0 Å². The topological polar surface area (TPSA) is 24.5 Å². The van der Waals surface area contributed by atoms with Gasteiger partial charge in [0.1, 0.15) is 12.4 Å². The average Bonchev–Trinajstić information content (AvgIpc) is 2.70. The molecule has 0 amide bonds. The lowest BCUT2D eigenvalue weighted by Crippen LogP contribution is -2.47. The van der Waals surface area contributed by atoms with Gasteiger partial charge in [0.05, 0.1) is 0 Å². The molecule has 0 bridgehead atoms. The molecule has 3 heteroatoms. The maximum Gasteiger partial charge on any atom is 0.123 e. The highest BCUT2D eigenvalue weighted by molar-refractivity contribution is 5.33. The van der Waals surface area contributed by atoms with Gasteiger partial charge in [-0.15, -0.1) is 0 Å². The summed E-state index contributed by atoms with van der Waals surface area (Å²) in [6, 6.07) is 8.50. The van der Waals surface area contributed by atoms with Crippen LogP contribution in [0.2, 0.25) is 0 Å². The third-order valence-corrected chi connectivity index (χ3v) is 4.93. The van der Waals surface area contributed by atoms with E-state index >= 15 is 0 Å². The van der Waals surface area contributed by atoms with Crippen molar-refractivity contribution in [2.45, 2.75) is 39.2 Å². The zero-order valence-electron chi connectivity index (χ0n) is 13.2. The van der Waals surface area contributed by atoms with Crippen LogP contribution in [0.4, 0.5) is 0 Å². The van der Waals surface area contributed by atoms with Crippen molar-refractivity contribution in [3.05, 3.63) is 29.8 Å². The minimum absolute atomic E-state index is 0.465. The summed E-state index contributed by atoms with van der Waals surface area (Å²) in [5, 5.41) is 3.63. The van der Waals surface area contributed by atoms with Crippen LogP contribution in [0.3, 0.4) is 0 Å². The first-order valence-electron chi connectivity index (χ1n) is 8.45. The van der Waals surface area contributed by atoms with Crippen molar-refractivity contribution in [1.29, 1.82) is 0 Å². The van der Waals surface area contributed by atoms with Crippen LogP contribution in [0, 0.1) is 5.41 Å². The first kappa shape index (κ1) is 14.9. The summed E-state index contributed by atoms with van der Waals surface area (Å²) in [5.41, 5.74) is 1.80. The van der Waals surface area contributed by atoms with Gasteiger partial charge < -0.3 is 10.1 Å². The molecule has 3 rings (SSSR count). The molecule has 1 aromatic carbocycles. The first-order valence-corrected chi connectivity index (χ1v) is 8.45. The van der Waals surface area contributed by atoms with Crippen LogP contribution in [0.25, 0.3) is 0 Å². The standard InChI is InChI=1S/C18H28N2O/c1-2-8-18(9-5-10-19-14-18)15-20-11-12-21-17-7-4-3-6-16(17)13-20/h3-4,6-7,19H,2,5,8-15H2,1H3. The fourth-order valence-electron chi connectivity index (χ4n) is 3.98. The number of nitrogens with zero attached hydrogens (tertiary/aromatic N) is 1. The van der Waals surface area contributed by atoms with E-state index in [-0.39, 0.29) is 0 Å². The third-order valence-electron chi connectivity index (χ3n) is 4.93. The summed E-state index contributed by atoms with van der Waals surface area (Å²) in [6.07, 6.45) is 5.30. The minimum Gasteiger partial charge on any atom is -0.492 e. The van der Waals surface area contributed by atoms with Crippen molar-refractivity contribution in [2.24, 2.45) is 5.41 Å². The number of piperidine rings is 1. The van der Waals surface area contributed by atoms with Gasteiger partial charge in [0.15, 0.2) is 0 Å². The summed E-state index contributed by atoms with van der Waals surface area (Å²) >= 11 is 0. The molecule has 1 unspecified atom stereocenters. The Kier molecular flexibility index (Phi) is 4.81. The van der Waals surface area contributed by atoms with Crippen LogP contribution < -0.4 is 10.1 Å². The second kappa shape index (κ2) is 6.80. The average molecular weight is 288 g/mol. The van der Waals surface area contributed by atoms with Gasteiger partial charge in [0.25, 0.3) is 0 Å². The summed E-state index contributed by atoms with van der Waals surface area (Å²) in [7, 11) is 0. The SMILES string of the molecule is CCCC1(CN2CCOc3ccccc3C2)CCCNC1. The highest BCUT2D eigenvalue weighted by Gasteiger charge is 2.33. The summed E-state index contributed by atoms with van der Waals surface area (Å²) in [5.74, 6) is 1.08. The Balaban J connectivity index is 1.71. The lowest BCUT2D eigenvalue weighted by molar-refractivity contribution is 0.0968. The summed E-state index contributed by atoms with van der Waals surface area (Å²) < 4.78 is 5.90. The van der Waals surface area contributed by atoms with Gasteiger partial charge in [0, 0.05) is 31.7 Å². The second-order valence-electron chi connectivity index (χ2n) is 6.70. The van der Waals surface area contributed by atoms with Gasteiger partial charge in [-0.05, 0) is 37.3 Å². The molecule has 1 fully saturated rings. The van der Waals surface area contributed by atoms with Crippen molar-refractivity contribution in [1.82, 2.24) is 10.2 Å². The Morgan fingerprint density at radius 3 is 3.05 bits per heavy atom. The number of rotatable bonds is 4. The Bertz CT molecular complexity index is 449. The second-order valence-corrected chi connectivity index (χ2v) is 6.70. The van der Waals surface area contributed by atoms with Crippen molar-refractivity contribution in [3.63, 3.8) is 0 Å². The minimum atomic E-state index is 0.465. The van der Waals surface area contributed by atoms with E-state index < -0.39 is 0 Å². The number of nitrogens with one attached hydrogen (secondary N) is 1. The van der Waals surface area contributed by atoms with Gasteiger partial charge in [0.2, 0.25) is 0 Å². The fraction of sp³-hybridized carbons (Fsp3) is 0.667. The van der Waals surface area contributed by atoms with Crippen molar-refractivity contribution in [2.75, 3.05) is 32.8 Å². The molecule has 116 valence electrons. The van der Waals surface area contributed by atoms with E-state index in [1.54, 1.807) is 0 Å². The van der Waals surface area contributed by atoms with Gasteiger partial charge in [-0.2, -0.15) is 0 Å².